The number of halogens is 2. The van der Waals surface area contributed by atoms with Gasteiger partial charge in [0.05, 0.1) is 9.15 Å². The molecule has 0 aliphatic heterocycles. The molecule has 0 aromatic carbocycles. The number of carbonyl (C=O) groups is 2. The third kappa shape index (κ3) is 1.52. The van der Waals surface area contributed by atoms with Crippen molar-refractivity contribution in [1.29, 1.82) is 0 Å². The fourth-order valence-electron chi connectivity index (χ4n) is 2.21. The van der Waals surface area contributed by atoms with Crippen LogP contribution in [0.15, 0.2) is 0 Å². The van der Waals surface area contributed by atoms with Crippen LogP contribution in [0.2, 0.25) is 0 Å². The first kappa shape index (κ1) is 9.84. The summed E-state index contributed by atoms with van der Waals surface area (Å²) in [6.07, 6.45) is 2.61. The fraction of sp³-hybridized carbons (Fsp3) is 0.778. The molecule has 0 spiro atoms. The Balaban J connectivity index is 2.29. The molecule has 13 heavy (non-hydrogen) atoms. The highest BCUT2D eigenvalue weighted by Crippen LogP contribution is 2.46. The van der Waals surface area contributed by atoms with Gasteiger partial charge in [-0.1, -0.05) is 31.9 Å². The first-order chi connectivity index (χ1) is 6.03. The van der Waals surface area contributed by atoms with E-state index in [1.54, 1.807) is 0 Å². The van der Waals surface area contributed by atoms with Gasteiger partial charge in [-0.2, -0.15) is 0 Å². The Morgan fingerprint density at radius 3 is 2.77 bits per heavy atom. The molecule has 3 unspecified atom stereocenters. The lowest BCUT2D eigenvalue weighted by atomic mass is 9.71. The van der Waals surface area contributed by atoms with Gasteiger partial charge >= 0.3 is 0 Å². The number of ketones is 2. The molecule has 2 saturated carbocycles. The Bertz CT molecular complexity index is 277. The van der Waals surface area contributed by atoms with Gasteiger partial charge in [0.25, 0.3) is 0 Å². The Morgan fingerprint density at radius 1 is 1.38 bits per heavy atom. The molecule has 4 heteroatoms. The van der Waals surface area contributed by atoms with E-state index >= 15 is 0 Å². The number of rotatable bonds is 0. The van der Waals surface area contributed by atoms with Crippen LogP contribution in [-0.2, 0) is 9.59 Å². The second-order valence-electron chi connectivity index (χ2n) is 3.90. The third-order valence-corrected chi connectivity index (χ3v) is 4.91. The number of hydrogen-bond donors (Lipinski definition) is 0. The van der Waals surface area contributed by atoms with E-state index in [2.05, 4.69) is 31.9 Å². The molecule has 2 nitrogen and oxygen atoms in total. The van der Waals surface area contributed by atoms with Crippen molar-refractivity contribution in [1.82, 2.24) is 0 Å². The van der Waals surface area contributed by atoms with Crippen LogP contribution in [0.3, 0.4) is 0 Å². The SMILES string of the molecule is O=C1CCC2(Br)CC1CC(Br)C2=O. The number of carbonyl (C=O) groups excluding carboxylic acids is 2. The largest absolute Gasteiger partial charge is 0.299 e. The van der Waals surface area contributed by atoms with E-state index in [-0.39, 0.29) is 16.5 Å². The van der Waals surface area contributed by atoms with Gasteiger partial charge in [0.2, 0.25) is 0 Å². The van der Waals surface area contributed by atoms with Crippen LogP contribution in [0.4, 0.5) is 0 Å². The Labute approximate surface area is 93.7 Å². The summed E-state index contributed by atoms with van der Waals surface area (Å²) in [5.41, 5.74) is 0. The summed E-state index contributed by atoms with van der Waals surface area (Å²) in [7, 11) is 0. The van der Waals surface area contributed by atoms with Gasteiger partial charge < -0.3 is 0 Å². The predicted molar refractivity (Wildman–Crippen MR) is 56.3 cm³/mol. The fourth-order valence-corrected chi connectivity index (χ4v) is 4.27. The van der Waals surface area contributed by atoms with Crippen LogP contribution in [0, 0.1) is 5.92 Å². The van der Waals surface area contributed by atoms with Gasteiger partial charge in [0.15, 0.2) is 5.78 Å². The topological polar surface area (TPSA) is 34.1 Å². The van der Waals surface area contributed by atoms with E-state index in [9.17, 15) is 9.59 Å². The highest BCUT2D eigenvalue weighted by atomic mass is 79.9. The minimum atomic E-state index is -0.405. The summed E-state index contributed by atoms with van der Waals surface area (Å²) in [6.45, 7) is 0. The maximum atomic E-state index is 11.8. The molecule has 2 aliphatic carbocycles. The van der Waals surface area contributed by atoms with Gasteiger partial charge in [0.1, 0.15) is 5.78 Å². The molecule has 0 aromatic rings. The van der Waals surface area contributed by atoms with Crippen LogP contribution in [0.1, 0.15) is 25.7 Å². The summed E-state index contributed by atoms with van der Waals surface area (Å²) in [4.78, 5) is 23.1. The maximum Gasteiger partial charge on any atom is 0.163 e. The predicted octanol–water partition coefficient (Wildman–Crippen LogP) is 2.23. The van der Waals surface area contributed by atoms with Crippen molar-refractivity contribution in [3.8, 4) is 0 Å². The highest BCUT2D eigenvalue weighted by Gasteiger charge is 2.50. The van der Waals surface area contributed by atoms with Gasteiger partial charge in [-0.25, -0.2) is 0 Å². The highest BCUT2D eigenvalue weighted by molar-refractivity contribution is 9.11. The number of fused-ring (bicyclic) bond motifs is 2. The van der Waals surface area contributed by atoms with Crippen molar-refractivity contribution in [3.05, 3.63) is 0 Å². The monoisotopic (exact) mass is 308 g/mol. The molecule has 0 amide bonds. The maximum absolute atomic E-state index is 11.8. The van der Waals surface area contributed by atoms with Crippen molar-refractivity contribution in [3.63, 3.8) is 0 Å². The first-order valence-electron chi connectivity index (χ1n) is 4.43. The van der Waals surface area contributed by atoms with E-state index < -0.39 is 4.32 Å². The molecule has 0 N–H and O–H groups in total. The molecule has 2 bridgehead atoms. The molecule has 2 fully saturated rings. The van der Waals surface area contributed by atoms with E-state index in [1.807, 2.05) is 0 Å². The Kier molecular flexibility index (Phi) is 2.39. The van der Waals surface area contributed by atoms with E-state index in [0.717, 1.165) is 0 Å². The van der Waals surface area contributed by atoms with Crippen LogP contribution in [0.25, 0.3) is 0 Å². The van der Waals surface area contributed by atoms with Crippen molar-refractivity contribution >= 4 is 43.4 Å². The van der Waals surface area contributed by atoms with E-state index in [1.165, 1.54) is 0 Å². The van der Waals surface area contributed by atoms with Crippen molar-refractivity contribution < 1.29 is 9.59 Å². The second-order valence-corrected chi connectivity index (χ2v) is 6.52. The third-order valence-electron chi connectivity index (χ3n) is 3.01. The zero-order chi connectivity index (χ0) is 9.64. The van der Waals surface area contributed by atoms with Crippen molar-refractivity contribution in [2.24, 2.45) is 5.92 Å². The number of Topliss-reactive ketones (excluding diaryl/α,β-unsaturated/α-hetero) is 2. The lowest BCUT2D eigenvalue weighted by molar-refractivity contribution is -0.131. The average Bonchev–Trinajstić information content (AvgIpc) is 2.09. The first-order valence-corrected chi connectivity index (χ1v) is 6.14. The van der Waals surface area contributed by atoms with Gasteiger partial charge in [0, 0.05) is 12.3 Å². The summed E-state index contributed by atoms with van der Waals surface area (Å²) in [5, 5.41) is 0. The lowest BCUT2D eigenvalue weighted by Crippen LogP contribution is -2.50. The number of hydrogen-bond acceptors (Lipinski definition) is 2. The van der Waals surface area contributed by atoms with Crippen LogP contribution >= 0.6 is 31.9 Å². The molecule has 3 atom stereocenters. The normalized spacial score (nSPS) is 45.1. The van der Waals surface area contributed by atoms with Gasteiger partial charge in [-0.3, -0.25) is 9.59 Å². The Morgan fingerprint density at radius 2 is 2.08 bits per heavy atom. The van der Waals surface area contributed by atoms with Crippen molar-refractivity contribution in [2.45, 2.75) is 34.8 Å². The molecule has 0 aromatic heterocycles. The summed E-state index contributed by atoms with van der Waals surface area (Å²) in [5.74, 6) is 0.637. The van der Waals surface area contributed by atoms with Crippen LogP contribution < -0.4 is 0 Å². The summed E-state index contributed by atoms with van der Waals surface area (Å²) >= 11 is 6.83. The summed E-state index contributed by atoms with van der Waals surface area (Å²) in [6, 6.07) is 0. The molecule has 0 radical (unpaired) electrons. The minimum absolute atomic E-state index is 0.0928. The molecular weight excluding hydrogens is 300 g/mol. The lowest BCUT2D eigenvalue weighted by Gasteiger charge is -2.40. The van der Waals surface area contributed by atoms with Gasteiger partial charge in [-0.05, 0) is 19.3 Å². The van der Waals surface area contributed by atoms with E-state index in [0.29, 0.717) is 31.5 Å². The molecule has 72 valence electrons. The van der Waals surface area contributed by atoms with Crippen LogP contribution in [-0.4, -0.2) is 20.7 Å². The Hall–Kier alpha value is 0.300. The molecule has 2 aliphatic rings. The summed E-state index contributed by atoms with van der Waals surface area (Å²) < 4.78 is -0.405. The smallest absolute Gasteiger partial charge is 0.163 e. The quantitative estimate of drug-likeness (QED) is 0.643. The zero-order valence-electron chi connectivity index (χ0n) is 7.06. The molecular formula is C9H10Br2O2. The molecule has 2 rings (SSSR count). The zero-order valence-corrected chi connectivity index (χ0v) is 10.2. The standard InChI is InChI=1S/C9H10Br2O2/c10-6-3-5-4-9(11,8(6)13)2-1-7(5)12/h5-6H,1-4H2. The second kappa shape index (κ2) is 3.16. The minimum Gasteiger partial charge on any atom is -0.299 e. The number of alkyl halides is 2. The molecule has 0 heterocycles. The average molecular weight is 310 g/mol. The van der Waals surface area contributed by atoms with Gasteiger partial charge in [-0.15, -0.1) is 0 Å². The van der Waals surface area contributed by atoms with Crippen LogP contribution in [0.5, 0.6) is 0 Å². The van der Waals surface area contributed by atoms with E-state index in [4.69, 9.17) is 0 Å². The molecule has 0 saturated heterocycles. The van der Waals surface area contributed by atoms with Crippen molar-refractivity contribution in [2.75, 3.05) is 0 Å².